The van der Waals surface area contributed by atoms with Crippen molar-refractivity contribution in [2.45, 2.75) is 18.8 Å². The summed E-state index contributed by atoms with van der Waals surface area (Å²) >= 11 is 0. The number of benzene rings is 1. The fourth-order valence-corrected chi connectivity index (χ4v) is 2.65. The minimum atomic E-state index is -0.251. The largest absolute Gasteiger partial charge is 0.306 e. The molecule has 2 nitrogen and oxygen atoms in total. The summed E-state index contributed by atoms with van der Waals surface area (Å²) < 4.78 is 12.9. The number of piperidine rings is 1. The minimum Gasteiger partial charge on any atom is -0.306 e. The zero-order valence-electron chi connectivity index (χ0n) is 10.1. The van der Waals surface area contributed by atoms with Gasteiger partial charge in [0.25, 0.3) is 0 Å². The maximum atomic E-state index is 12.9. The molecule has 92 valence electrons. The summed E-state index contributed by atoms with van der Waals surface area (Å²) in [4.78, 5) is 13.5. The van der Waals surface area contributed by atoms with Crippen LogP contribution in [-0.2, 0) is 4.79 Å². The van der Waals surface area contributed by atoms with Crippen molar-refractivity contribution in [3.63, 3.8) is 0 Å². The van der Waals surface area contributed by atoms with Gasteiger partial charge in [0.1, 0.15) is 12.1 Å². The van der Waals surface area contributed by atoms with Crippen molar-refractivity contribution < 1.29 is 9.18 Å². The van der Waals surface area contributed by atoms with Crippen LogP contribution in [-0.4, -0.2) is 31.3 Å². The van der Waals surface area contributed by atoms with Gasteiger partial charge in [-0.1, -0.05) is 12.1 Å². The number of nitrogens with zero attached hydrogens (tertiary/aromatic N) is 1. The molecule has 2 unspecified atom stereocenters. The van der Waals surface area contributed by atoms with E-state index in [1.54, 1.807) is 12.1 Å². The Balaban J connectivity index is 2.15. The number of hydrogen-bond acceptors (Lipinski definition) is 2. The van der Waals surface area contributed by atoms with Crippen LogP contribution in [0.3, 0.4) is 0 Å². The average Bonchev–Trinajstić information content (AvgIpc) is 2.33. The van der Waals surface area contributed by atoms with Crippen LogP contribution < -0.4 is 0 Å². The first kappa shape index (κ1) is 12.2. The van der Waals surface area contributed by atoms with Crippen molar-refractivity contribution in [3.8, 4) is 0 Å². The summed E-state index contributed by atoms with van der Waals surface area (Å²) in [6.07, 6.45) is 3.22. The van der Waals surface area contributed by atoms with E-state index in [0.29, 0.717) is 5.92 Å². The number of halogens is 1. The van der Waals surface area contributed by atoms with E-state index in [0.717, 1.165) is 37.8 Å². The molecule has 1 aliphatic heterocycles. The number of carbonyl (C=O) groups is 1. The molecule has 0 aliphatic carbocycles. The molecule has 1 saturated heterocycles. The predicted molar refractivity (Wildman–Crippen MR) is 65.4 cm³/mol. The Hall–Kier alpha value is -1.22. The van der Waals surface area contributed by atoms with Gasteiger partial charge in [-0.15, -0.1) is 0 Å². The highest BCUT2D eigenvalue weighted by Gasteiger charge is 2.26. The van der Waals surface area contributed by atoms with E-state index in [2.05, 4.69) is 11.9 Å². The summed E-state index contributed by atoms with van der Waals surface area (Å²) in [6, 6.07) is 6.31. The molecule has 0 bridgehead atoms. The van der Waals surface area contributed by atoms with Gasteiger partial charge >= 0.3 is 0 Å². The number of rotatable bonds is 3. The number of carbonyl (C=O) groups excluding carboxylic acids is 1. The molecule has 2 rings (SSSR count). The van der Waals surface area contributed by atoms with Gasteiger partial charge in [-0.2, -0.15) is 0 Å². The molecule has 3 heteroatoms. The Bertz CT molecular complexity index is 376. The van der Waals surface area contributed by atoms with Crippen molar-refractivity contribution in [3.05, 3.63) is 35.6 Å². The third kappa shape index (κ3) is 2.91. The Morgan fingerprint density at radius 3 is 2.71 bits per heavy atom. The Kier molecular flexibility index (Phi) is 3.89. The van der Waals surface area contributed by atoms with E-state index in [-0.39, 0.29) is 11.7 Å². The maximum Gasteiger partial charge on any atom is 0.127 e. The minimum absolute atomic E-state index is 0.0988. The highest BCUT2D eigenvalue weighted by molar-refractivity contribution is 5.62. The third-order valence-corrected chi connectivity index (χ3v) is 3.57. The van der Waals surface area contributed by atoms with Crippen molar-refractivity contribution in [2.24, 2.45) is 5.92 Å². The molecule has 0 spiro atoms. The van der Waals surface area contributed by atoms with Gasteiger partial charge in [0.15, 0.2) is 0 Å². The molecule has 0 radical (unpaired) electrons. The van der Waals surface area contributed by atoms with Crippen LogP contribution in [0, 0.1) is 11.7 Å². The summed E-state index contributed by atoms with van der Waals surface area (Å²) in [5.74, 6) is 0.00854. The molecule has 1 aromatic rings. The molecular weight excluding hydrogens is 217 g/mol. The monoisotopic (exact) mass is 235 g/mol. The van der Waals surface area contributed by atoms with Crippen molar-refractivity contribution >= 4 is 6.29 Å². The standard InChI is InChI=1S/C14H18FNO/c1-16-8-2-3-12(9-16)14(10-17)11-4-6-13(15)7-5-11/h4-7,10,12,14H,2-3,8-9H2,1H3. The molecule has 0 saturated carbocycles. The van der Waals surface area contributed by atoms with Gasteiger partial charge in [-0.3, -0.25) is 0 Å². The van der Waals surface area contributed by atoms with Crippen LogP contribution in [0.15, 0.2) is 24.3 Å². The molecule has 0 N–H and O–H groups in total. The molecule has 1 heterocycles. The zero-order chi connectivity index (χ0) is 12.3. The fraction of sp³-hybridized carbons (Fsp3) is 0.500. The van der Waals surface area contributed by atoms with E-state index >= 15 is 0 Å². The van der Waals surface area contributed by atoms with Crippen molar-refractivity contribution in [2.75, 3.05) is 20.1 Å². The third-order valence-electron chi connectivity index (χ3n) is 3.57. The first-order valence-electron chi connectivity index (χ1n) is 6.10. The molecule has 1 aliphatic rings. The first-order chi connectivity index (χ1) is 8.20. The first-order valence-corrected chi connectivity index (χ1v) is 6.10. The van der Waals surface area contributed by atoms with E-state index < -0.39 is 0 Å². The van der Waals surface area contributed by atoms with Crippen LogP contribution >= 0.6 is 0 Å². The van der Waals surface area contributed by atoms with E-state index in [1.165, 1.54) is 12.1 Å². The van der Waals surface area contributed by atoms with Crippen LogP contribution in [0.2, 0.25) is 0 Å². The van der Waals surface area contributed by atoms with Gasteiger partial charge < -0.3 is 9.69 Å². The highest BCUT2D eigenvalue weighted by Crippen LogP contribution is 2.29. The highest BCUT2D eigenvalue weighted by atomic mass is 19.1. The van der Waals surface area contributed by atoms with Crippen LogP contribution in [0.4, 0.5) is 4.39 Å². The lowest BCUT2D eigenvalue weighted by atomic mass is 9.82. The normalized spacial score (nSPS) is 23.3. The van der Waals surface area contributed by atoms with E-state index in [1.807, 2.05) is 0 Å². The van der Waals surface area contributed by atoms with Crippen LogP contribution in [0.5, 0.6) is 0 Å². The second kappa shape index (κ2) is 5.41. The summed E-state index contributed by atoms with van der Waals surface area (Å²) in [6.45, 7) is 2.05. The van der Waals surface area contributed by atoms with Gasteiger partial charge in [-0.05, 0) is 50.0 Å². The van der Waals surface area contributed by atoms with E-state index in [9.17, 15) is 9.18 Å². The lowest BCUT2D eigenvalue weighted by Gasteiger charge is -2.33. The van der Waals surface area contributed by atoms with Crippen molar-refractivity contribution in [1.29, 1.82) is 0 Å². The Labute approximate surface area is 101 Å². The molecule has 2 atom stereocenters. The molecule has 17 heavy (non-hydrogen) atoms. The van der Waals surface area contributed by atoms with Gasteiger partial charge in [0.05, 0.1) is 0 Å². The van der Waals surface area contributed by atoms with Gasteiger partial charge in [0.2, 0.25) is 0 Å². The lowest BCUT2D eigenvalue weighted by molar-refractivity contribution is -0.110. The zero-order valence-corrected chi connectivity index (χ0v) is 10.1. The predicted octanol–water partition coefficient (Wildman–Crippen LogP) is 2.45. The molecule has 1 fully saturated rings. The topological polar surface area (TPSA) is 20.3 Å². The molecule has 0 aromatic heterocycles. The smallest absolute Gasteiger partial charge is 0.127 e. The quantitative estimate of drug-likeness (QED) is 0.750. The lowest BCUT2D eigenvalue weighted by Crippen LogP contribution is -2.35. The Morgan fingerprint density at radius 1 is 1.41 bits per heavy atom. The number of aldehydes is 1. The molecular formula is C14H18FNO. The summed E-state index contributed by atoms with van der Waals surface area (Å²) in [5, 5.41) is 0. The molecule has 1 aromatic carbocycles. The Morgan fingerprint density at radius 2 is 2.12 bits per heavy atom. The van der Waals surface area contributed by atoms with E-state index in [4.69, 9.17) is 0 Å². The maximum absolute atomic E-state index is 12.9. The van der Waals surface area contributed by atoms with Crippen LogP contribution in [0.1, 0.15) is 24.3 Å². The summed E-state index contributed by atoms with van der Waals surface area (Å²) in [5.41, 5.74) is 0.932. The summed E-state index contributed by atoms with van der Waals surface area (Å²) in [7, 11) is 2.08. The van der Waals surface area contributed by atoms with Crippen molar-refractivity contribution in [1.82, 2.24) is 4.90 Å². The second-order valence-electron chi connectivity index (χ2n) is 4.88. The number of likely N-dealkylation sites (tertiary alicyclic amines) is 1. The van der Waals surface area contributed by atoms with Gasteiger partial charge in [-0.25, -0.2) is 4.39 Å². The average molecular weight is 235 g/mol. The molecule has 0 amide bonds. The number of hydrogen-bond donors (Lipinski definition) is 0. The van der Waals surface area contributed by atoms with Gasteiger partial charge in [0, 0.05) is 12.5 Å². The fourth-order valence-electron chi connectivity index (χ4n) is 2.65. The van der Waals surface area contributed by atoms with Crippen LogP contribution in [0.25, 0.3) is 0 Å². The second-order valence-corrected chi connectivity index (χ2v) is 4.88. The SMILES string of the molecule is CN1CCCC(C(C=O)c2ccc(F)cc2)C1.